The van der Waals surface area contributed by atoms with Crippen LogP contribution in [0.2, 0.25) is 0 Å². The SMILES string of the molecule is CCOc1cc(C(Nc2ccc(C(=N)N)cc2)C(=O)NNC(=O)OC(C)(C)C)ccc1OCCN(C)C. The molecule has 0 aliphatic carbocycles. The van der Waals surface area contributed by atoms with Crippen LogP contribution >= 0.6 is 0 Å². The van der Waals surface area contributed by atoms with E-state index < -0.39 is 23.6 Å². The highest BCUT2D eigenvalue weighted by molar-refractivity contribution is 5.95. The van der Waals surface area contributed by atoms with Crippen molar-refractivity contribution in [3.63, 3.8) is 0 Å². The Bertz CT molecular complexity index is 1070. The number of benzene rings is 2. The third-order valence-electron chi connectivity index (χ3n) is 4.85. The van der Waals surface area contributed by atoms with Crippen LogP contribution in [-0.2, 0) is 9.53 Å². The summed E-state index contributed by atoms with van der Waals surface area (Å²) in [6, 6.07) is 11.1. The monoisotopic (exact) mass is 514 g/mol. The molecule has 202 valence electrons. The first-order valence-corrected chi connectivity index (χ1v) is 11.9. The van der Waals surface area contributed by atoms with Crippen LogP contribution in [0.4, 0.5) is 10.5 Å². The van der Waals surface area contributed by atoms with Gasteiger partial charge in [0.25, 0.3) is 5.91 Å². The Morgan fingerprint density at radius 2 is 1.70 bits per heavy atom. The Labute approximate surface area is 218 Å². The highest BCUT2D eigenvalue weighted by atomic mass is 16.6. The fraction of sp³-hybridized carbons (Fsp3) is 0.423. The normalized spacial score (nSPS) is 11.9. The summed E-state index contributed by atoms with van der Waals surface area (Å²) < 4.78 is 16.9. The quantitative estimate of drug-likeness (QED) is 0.174. The lowest BCUT2D eigenvalue weighted by molar-refractivity contribution is -0.123. The molecule has 0 aliphatic rings. The molecule has 0 aromatic heterocycles. The Balaban J connectivity index is 2.32. The van der Waals surface area contributed by atoms with Crippen molar-refractivity contribution < 1.29 is 23.8 Å². The number of carbonyl (C=O) groups excluding carboxylic acids is 2. The van der Waals surface area contributed by atoms with Crippen molar-refractivity contribution in [2.24, 2.45) is 5.73 Å². The summed E-state index contributed by atoms with van der Waals surface area (Å²) >= 11 is 0. The molecule has 37 heavy (non-hydrogen) atoms. The number of carbonyl (C=O) groups is 2. The molecule has 2 aromatic carbocycles. The average Bonchev–Trinajstić information content (AvgIpc) is 2.81. The van der Waals surface area contributed by atoms with Gasteiger partial charge < -0.3 is 30.2 Å². The first-order chi connectivity index (χ1) is 17.4. The van der Waals surface area contributed by atoms with Crippen molar-refractivity contribution in [2.75, 3.05) is 39.2 Å². The van der Waals surface area contributed by atoms with Crippen LogP contribution in [0.25, 0.3) is 0 Å². The molecule has 11 heteroatoms. The number of nitrogen functional groups attached to an aromatic ring is 1. The summed E-state index contributed by atoms with van der Waals surface area (Å²) in [5.74, 6) is 0.452. The fourth-order valence-corrected chi connectivity index (χ4v) is 3.13. The highest BCUT2D eigenvalue weighted by Crippen LogP contribution is 2.32. The number of nitrogens with zero attached hydrogens (tertiary/aromatic N) is 1. The standard InChI is InChI=1S/C26H38N6O5/c1-7-35-21-16-18(10-13-20(21)36-15-14-32(5)6)22(24(33)30-31-25(34)37-26(2,3)4)29-19-11-8-17(9-12-19)23(27)28/h8-13,16,22,29H,7,14-15H2,1-6H3,(H3,27,28)(H,30,33)(H,31,34). The second-order valence-corrected chi connectivity index (χ2v) is 9.48. The summed E-state index contributed by atoms with van der Waals surface area (Å²) in [6.45, 7) is 8.64. The molecular weight excluding hydrogens is 476 g/mol. The molecule has 0 aliphatic heterocycles. The summed E-state index contributed by atoms with van der Waals surface area (Å²) in [5.41, 5.74) is 11.2. The van der Waals surface area contributed by atoms with Gasteiger partial charge in [-0.1, -0.05) is 6.07 Å². The zero-order valence-corrected chi connectivity index (χ0v) is 22.3. The number of anilines is 1. The van der Waals surface area contributed by atoms with Gasteiger partial charge in [0.05, 0.1) is 6.61 Å². The molecule has 2 aromatic rings. The molecule has 0 saturated carbocycles. The van der Waals surface area contributed by atoms with E-state index in [-0.39, 0.29) is 5.84 Å². The predicted octanol–water partition coefficient (Wildman–Crippen LogP) is 3.02. The van der Waals surface area contributed by atoms with Crippen LogP contribution < -0.4 is 31.4 Å². The van der Waals surface area contributed by atoms with E-state index in [2.05, 4.69) is 16.2 Å². The molecule has 0 spiro atoms. The first kappa shape index (κ1) is 29.2. The van der Waals surface area contributed by atoms with Gasteiger partial charge in [-0.2, -0.15) is 0 Å². The number of hydrazine groups is 1. The molecule has 2 rings (SSSR count). The van der Waals surface area contributed by atoms with Crippen LogP contribution in [0.3, 0.4) is 0 Å². The average molecular weight is 515 g/mol. The minimum absolute atomic E-state index is 0.0615. The van der Waals surface area contributed by atoms with Crippen LogP contribution in [-0.4, -0.2) is 62.2 Å². The van der Waals surface area contributed by atoms with E-state index in [4.69, 9.17) is 25.4 Å². The molecule has 2 amide bonds. The Hall–Kier alpha value is -3.99. The third kappa shape index (κ3) is 9.88. The van der Waals surface area contributed by atoms with Gasteiger partial charge in [-0.15, -0.1) is 0 Å². The lowest BCUT2D eigenvalue weighted by Gasteiger charge is -2.23. The van der Waals surface area contributed by atoms with Gasteiger partial charge in [0.1, 0.15) is 24.1 Å². The van der Waals surface area contributed by atoms with Gasteiger partial charge in [0.15, 0.2) is 11.5 Å². The van der Waals surface area contributed by atoms with E-state index in [0.29, 0.717) is 41.5 Å². The molecular formula is C26H38N6O5. The molecule has 0 saturated heterocycles. The molecule has 6 N–H and O–H groups in total. The number of hydrogen-bond donors (Lipinski definition) is 5. The van der Waals surface area contributed by atoms with Gasteiger partial charge in [0, 0.05) is 17.8 Å². The van der Waals surface area contributed by atoms with E-state index in [1.165, 1.54) is 0 Å². The lowest BCUT2D eigenvalue weighted by Crippen LogP contribution is -2.47. The number of amidine groups is 1. The number of nitrogens with one attached hydrogen (secondary N) is 4. The van der Waals surface area contributed by atoms with E-state index in [1.807, 2.05) is 25.9 Å². The maximum absolute atomic E-state index is 13.2. The minimum Gasteiger partial charge on any atom is -0.490 e. The van der Waals surface area contributed by atoms with Crippen LogP contribution in [0.5, 0.6) is 11.5 Å². The number of amides is 2. The van der Waals surface area contributed by atoms with Crippen LogP contribution in [0.15, 0.2) is 42.5 Å². The maximum atomic E-state index is 13.2. The van der Waals surface area contributed by atoms with Crippen LogP contribution in [0, 0.1) is 5.41 Å². The largest absolute Gasteiger partial charge is 0.490 e. The van der Waals surface area contributed by atoms with Gasteiger partial charge in [-0.25, -0.2) is 10.2 Å². The van der Waals surface area contributed by atoms with E-state index in [1.54, 1.807) is 63.2 Å². The lowest BCUT2D eigenvalue weighted by atomic mass is 10.0. The Kier molecular flexibility index (Phi) is 10.6. The fourth-order valence-electron chi connectivity index (χ4n) is 3.13. The van der Waals surface area contributed by atoms with Gasteiger partial charge in [-0.05, 0) is 83.8 Å². The third-order valence-corrected chi connectivity index (χ3v) is 4.85. The van der Waals surface area contributed by atoms with Crippen molar-refractivity contribution in [3.8, 4) is 11.5 Å². The topological polar surface area (TPSA) is 151 Å². The number of likely N-dealkylation sites (N-methyl/N-ethyl adjacent to an activating group) is 1. The molecule has 1 atom stereocenters. The van der Waals surface area contributed by atoms with Crippen molar-refractivity contribution in [1.29, 1.82) is 5.41 Å². The highest BCUT2D eigenvalue weighted by Gasteiger charge is 2.24. The summed E-state index contributed by atoms with van der Waals surface area (Å²) in [6.07, 6.45) is -0.787. The van der Waals surface area contributed by atoms with Crippen molar-refractivity contribution in [3.05, 3.63) is 53.6 Å². The van der Waals surface area contributed by atoms with Gasteiger partial charge in [-0.3, -0.25) is 15.6 Å². The molecule has 0 radical (unpaired) electrons. The molecule has 0 fully saturated rings. The van der Waals surface area contributed by atoms with Crippen molar-refractivity contribution >= 4 is 23.5 Å². The van der Waals surface area contributed by atoms with E-state index in [0.717, 1.165) is 6.54 Å². The van der Waals surface area contributed by atoms with Crippen molar-refractivity contribution in [2.45, 2.75) is 39.3 Å². The summed E-state index contributed by atoms with van der Waals surface area (Å²) in [5, 5.41) is 10.7. The Morgan fingerprint density at radius 3 is 2.27 bits per heavy atom. The number of rotatable bonds is 11. The first-order valence-electron chi connectivity index (χ1n) is 11.9. The molecule has 1 unspecified atom stereocenters. The summed E-state index contributed by atoms with van der Waals surface area (Å²) in [4.78, 5) is 27.3. The number of nitrogens with two attached hydrogens (primary N) is 1. The summed E-state index contributed by atoms with van der Waals surface area (Å²) in [7, 11) is 3.91. The molecule has 11 nitrogen and oxygen atoms in total. The minimum atomic E-state index is -0.923. The van der Waals surface area contributed by atoms with E-state index in [9.17, 15) is 9.59 Å². The van der Waals surface area contributed by atoms with Crippen LogP contribution in [0.1, 0.15) is 44.9 Å². The second-order valence-electron chi connectivity index (χ2n) is 9.48. The zero-order chi connectivity index (χ0) is 27.6. The van der Waals surface area contributed by atoms with E-state index >= 15 is 0 Å². The van der Waals surface area contributed by atoms with Crippen molar-refractivity contribution in [1.82, 2.24) is 15.8 Å². The molecule has 0 heterocycles. The van der Waals surface area contributed by atoms with Gasteiger partial charge >= 0.3 is 6.09 Å². The zero-order valence-electron chi connectivity index (χ0n) is 22.3. The second kappa shape index (κ2) is 13.4. The van der Waals surface area contributed by atoms with Gasteiger partial charge in [0.2, 0.25) is 0 Å². The Morgan fingerprint density at radius 1 is 1.03 bits per heavy atom. The smallest absolute Gasteiger partial charge is 0.426 e. The number of ether oxygens (including phenoxy) is 3. The molecule has 0 bridgehead atoms. The predicted molar refractivity (Wildman–Crippen MR) is 143 cm³/mol. The maximum Gasteiger partial charge on any atom is 0.426 e. The number of hydrogen-bond acceptors (Lipinski definition) is 8.